The number of cyclic esters (lactones) is 1. The number of rotatable bonds is 5. The predicted octanol–water partition coefficient (Wildman–Crippen LogP) is -0.313. The molecular formula is C27H32N4O8. The minimum absolute atomic E-state index is 0.174. The molecule has 3 amide bonds. The van der Waals surface area contributed by atoms with E-state index in [1.54, 1.807) is 0 Å². The van der Waals surface area contributed by atoms with Crippen molar-refractivity contribution in [2.45, 2.75) is 50.6 Å². The number of ether oxygens (including phenoxy) is 2. The van der Waals surface area contributed by atoms with Gasteiger partial charge in [0, 0.05) is 6.20 Å². The predicted molar refractivity (Wildman–Crippen MR) is 136 cm³/mol. The number of hydrogen-bond acceptors (Lipinski definition) is 9. The molecule has 3 heterocycles. The molecule has 2 aliphatic rings. The van der Waals surface area contributed by atoms with E-state index in [-0.39, 0.29) is 31.1 Å². The molecule has 208 valence electrons. The summed E-state index contributed by atoms with van der Waals surface area (Å²) >= 11 is 0. The van der Waals surface area contributed by atoms with E-state index >= 15 is 0 Å². The number of carbonyl (C=O) groups is 4. The lowest BCUT2D eigenvalue weighted by atomic mass is 9.91. The fourth-order valence-electron chi connectivity index (χ4n) is 4.50. The molecule has 5 N–H and O–H groups in total. The molecule has 0 spiro atoms. The summed E-state index contributed by atoms with van der Waals surface area (Å²) in [6, 6.07) is 8.53. The molecule has 1 aromatic heterocycles. The molecule has 12 heteroatoms. The lowest BCUT2D eigenvalue weighted by molar-refractivity contribution is -0.178. The first-order valence-electron chi connectivity index (χ1n) is 12.7. The van der Waals surface area contributed by atoms with Gasteiger partial charge in [0.05, 0.1) is 43.2 Å². The zero-order valence-corrected chi connectivity index (χ0v) is 21.6. The standard InChI is InChI=1S/C27H32N4O8/c1-14-22(33)18(11-16-7-4-3-5-8-16)30-24(34)20(31-25(35)21-19(32)9-6-10-28-21)15(2)29-26(36)23(39-27(14)37)17-12-38-13-17/h3-10,14-15,17-18,20,22-23,32-33H,11-13H2,1-2H3,(H,29,36)(H,30,34)(H,31,35). The van der Waals surface area contributed by atoms with Crippen LogP contribution in [-0.4, -0.2) is 82.4 Å². The number of aliphatic hydroxyl groups is 1. The second-order valence-corrected chi connectivity index (χ2v) is 9.86. The highest BCUT2D eigenvalue weighted by atomic mass is 16.6. The van der Waals surface area contributed by atoms with Crippen molar-refractivity contribution in [2.75, 3.05) is 13.2 Å². The van der Waals surface area contributed by atoms with Crippen molar-refractivity contribution in [3.8, 4) is 5.75 Å². The highest BCUT2D eigenvalue weighted by Gasteiger charge is 2.43. The van der Waals surface area contributed by atoms with Crippen molar-refractivity contribution in [1.82, 2.24) is 20.9 Å². The van der Waals surface area contributed by atoms with Gasteiger partial charge in [-0.15, -0.1) is 0 Å². The van der Waals surface area contributed by atoms with Gasteiger partial charge < -0.3 is 35.6 Å². The first kappa shape index (κ1) is 28.0. The topological polar surface area (TPSA) is 176 Å². The van der Waals surface area contributed by atoms with Gasteiger partial charge in [-0.05, 0) is 38.0 Å². The average molecular weight is 541 g/mol. The molecule has 0 saturated carbocycles. The summed E-state index contributed by atoms with van der Waals surface area (Å²) in [7, 11) is 0. The lowest BCUT2D eigenvalue weighted by Gasteiger charge is -2.36. The molecule has 6 unspecified atom stereocenters. The number of aliphatic hydroxyl groups excluding tert-OH is 1. The molecule has 0 radical (unpaired) electrons. The minimum Gasteiger partial charge on any atom is -0.505 e. The number of carbonyl (C=O) groups excluding carboxylic acids is 4. The van der Waals surface area contributed by atoms with Crippen molar-refractivity contribution in [3.63, 3.8) is 0 Å². The van der Waals surface area contributed by atoms with Gasteiger partial charge in [0.25, 0.3) is 11.8 Å². The van der Waals surface area contributed by atoms with Crippen LogP contribution in [0.15, 0.2) is 48.7 Å². The van der Waals surface area contributed by atoms with Crippen molar-refractivity contribution >= 4 is 23.7 Å². The number of amides is 3. The third kappa shape index (κ3) is 6.52. The van der Waals surface area contributed by atoms with Crippen LogP contribution < -0.4 is 16.0 Å². The third-order valence-corrected chi connectivity index (χ3v) is 6.96. The Balaban J connectivity index is 1.67. The van der Waals surface area contributed by atoms with Crippen LogP contribution in [0, 0.1) is 11.8 Å². The monoisotopic (exact) mass is 540 g/mol. The Morgan fingerprint density at radius 2 is 1.77 bits per heavy atom. The van der Waals surface area contributed by atoms with E-state index in [2.05, 4.69) is 20.9 Å². The normalized spacial score (nSPS) is 28.5. The molecule has 1 aromatic carbocycles. The number of nitrogens with zero attached hydrogens (tertiary/aromatic N) is 1. The second-order valence-electron chi connectivity index (χ2n) is 9.86. The Bertz CT molecular complexity index is 1210. The van der Waals surface area contributed by atoms with E-state index in [0.29, 0.717) is 0 Å². The van der Waals surface area contributed by atoms with Gasteiger partial charge in [0.2, 0.25) is 5.91 Å². The SMILES string of the molecule is CC1NC(=O)C(C2COC2)OC(=O)C(C)C(O)C(Cc2ccccc2)NC(=O)C1NC(=O)c1ncccc1O. The molecule has 2 fully saturated rings. The summed E-state index contributed by atoms with van der Waals surface area (Å²) in [6.45, 7) is 3.37. The van der Waals surface area contributed by atoms with Gasteiger partial charge in [-0.25, -0.2) is 4.98 Å². The van der Waals surface area contributed by atoms with Crippen molar-refractivity contribution in [1.29, 1.82) is 0 Å². The number of benzene rings is 1. The summed E-state index contributed by atoms with van der Waals surface area (Å²) < 4.78 is 10.7. The van der Waals surface area contributed by atoms with Gasteiger partial charge in [-0.2, -0.15) is 0 Å². The Hall–Kier alpha value is -4.03. The van der Waals surface area contributed by atoms with Crippen LogP contribution in [0.3, 0.4) is 0 Å². The molecular weight excluding hydrogens is 508 g/mol. The van der Waals surface area contributed by atoms with Crippen LogP contribution in [0.25, 0.3) is 0 Å². The van der Waals surface area contributed by atoms with E-state index in [4.69, 9.17) is 9.47 Å². The molecule has 12 nitrogen and oxygen atoms in total. The molecule has 6 atom stereocenters. The Morgan fingerprint density at radius 3 is 2.41 bits per heavy atom. The minimum atomic E-state index is -1.38. The molecule has 0 bridgehead atoms. The third-order valence-electron chi connectivity index (χ3n) is 6.96. The van der Waals surface area contributed by atoms with E-state index in [0.717, 1.165) is 5.56 Å². The zero-order chi connectivity index (χ0) is 28.1. The maximum Gasteiger partial charge on any atom is 0.312 e. The van der Waals surface area contributed by atoms with E-state index < -0.39 is 65.9 Å². The van der Waals surface area contributed by atoms with Gasteiger partial charge in [0.15, 0.2) is 11.8 Å². The second kappa shape index (κ2) is 12.2. The number of hydrogen-bond donors (Lipinski definition) is 5. The summed E-state index contributed by atoms with van der Waals surface area (Å²) in [4.78, 5) is 56.6. The van der Waals surface area contributed by atoms with Crippen molar-refractivity contribution < 1.29 is 38.9 Å². The summed E-state index contributed by atoms with van der Waals surface area (Å²) in [5.41, 5.74) is 0.488. The van der Waals surface area contributed by atoms with Crippen molar-refractivity contribution in [3.05, 3.63) is 59.9 Å². The van der Waals surface area contributed by atoms with Crippen LogP contribution >= 0.6 is 0 Å². The Morgan fingerprint density at radius 1 is 1.05 bits per heavy atom. The smallest absolute Gasteiger partial charge is 0.312 e. The first-order valence-corrected chi connectivity index (χ1v) is 12.7. The summed E-state index contributed by atoms with van der Waals surface area (Å²) in [5.74, 6) is -4.89. The molecule has 2 saturated heterocycles. The van der Waals surface area contributed by atoms with Crippen LogP contribution in [0.5, 0.6) is 5.75 Å². The Kier molecular flexibility index (Phi) is 8.77. The van der Waals surface area contributed by atoms with E-state index in [9.17, 15) is 29.4 Å². The number of aromatic hydroxyl groups is 1. The fraction of sp³-hybridized carbons (Fsp3) is 0.444. The highest BCUT2D eigenvalue weighted by Crippen LogP contribution is 2.23. The van der Waals surface area contributed by atoms with Gasteiger partial charge in [-0.3, -0.25) is 19.2 Å². The lowest BCUT2D eigenvalue weighted by Crippen LogP contribution is -2.63. The quantitative estimate of drug-likeness (QED) is 0.318. The molecule has 2 aliphatic heterocycles. The Labute approximate surface area is 225 Å². The fourth-order valence-corrected chi connectivity index (χ4v) is 4.50. The maximum atomic E-state index is 13.6. The number of aromatic nitrogens is 1. The number of esters is 1. The number of pyridine rings is 1. The van der Waals surface area contributed by atoms with Crippen LogP contribution in [-0.2, 0) is 30.3 Å². The van der Waals surface area contributed by atoms with Gasteiger partial charge in [-0.1, -0.05) is 30.3 Å². The first-order chi connectivity index (χ1) is 18.7. The largest absolute Gasteiger partial charge is 0.505 e. The molecule has 2 aromatic rings. The summed E-state index contributed by atoms with van der Waals surface area (Å²) in [5, 5.41) is 29.2. The van der Waals surface area contributed by atoms with Crippen LogP contribution in [0.4, 0.5) is 0 Å². The van der Waals surface area contributed by atoms with E-state index in [1.807, 2.05) is 30.3 Å². The van der Waals surface area contributed by atoms with Gasteiger partial charge in [0.1, 0.15) is 11.8 Å². The van der Waals surface area contributed by atoms with E-state index in [1.165, 1.54) is 32.2 Å². The average Bonchev–Trinajstić information content (AvgIpc) is 2.89. The zero-order valence-electron chi connectivity index (χ0n) is 21.6. The molecule has 39 heavy (non-hydrogen) atoms. The highest BCUT2D eigenvalue weighted by molar-refractivity contribution is 5.98. The van der Waals surface area contributed by atoms with Crippen LogP contribution in [0.1, 0.15) is 29.9 Å². The number of nitrogens with one attached hydrogen (secondary N) is 3. The van der Waals surface area contributed by atoms with Gasteiger partial charge >= 0.3 is 5.97 Å². The molecule has 0 aliphatic carbocycles. The molecule has 4 rings (SSSR count). The van der Waals surface area contributed by atoms with Crippen LogP contribution in [0.2, 0.25) is 0 Å². The summed E-state index contributed by atoms with van der Waals surface area (Å²) in [6.07, 6.45) is -1.11. The maximum absolute atomic E-state index is 13.6. The van der Waals surface area contributed by atoms with Crippen molar-refractivity contribution in [2.24, 2.45) is 11.8 Å².